The average molecular weight is 221 g/mol. The molecule has 0 fully saturated rings. The SMILES string of the molecule is CCCC(NC)c1ccc(CCOC)cc1. The zero-order chi connectivity index (χ0) is 11.8. The number of hydrogen-bond donors (Lipinski definition) is 1. The topological polar surface area (TPSA) is 21.3 Å². The van der Waals surface area contributed by atoms with Gasteiger partial charge in [0.1, 0.15) is 0 Å². The summed E-state index contributed by atoms with van der Waals surface area (Å²) in [6, 6.07) is 9.34. The number of hydrogen-bond acceptors (Lipinski definition) is 2. The molecule has 0 spiro atoms. The zero-order valence-electron chi connectivity index (χ0n) is 10.6. The van der Waals surface area contributed by atoms with Crippen molar-refractivity contribution >= 4 is 0 Å². The third-order valence-electron chi connectivity index (χ3n) is 2.90. The molecule has 0 radical (unpaired) electrons. The first-order valence-electron chi connectivity index (χ1n) is 6.06. The van der Waals surface area contributed by atoms with Crippen LogP contribution in [0.5, 0.6) is 0 Å². The first kappa shape index (κ1) is 13.2. The smallest absolute Gasteiger partial charge is 0.0502 e. The fraction of sp³-hybridized carbons (Fsp3) is 0.571. The largest absolute Gasteiger partial charge is 0.384 e. The van der Waals surface area contributed by atoms with Gasteiger partial charge in [-0.25, -0.2) is 0 Å². The standard InChI is InChI=1S/C14H23NO/c1-4-5-14(15-2)13-8-6-12(7-9-13)10-11-16-3/h6-9,14-15H,4-5,10-11H2,1-3H3. The van der Waals surface area contributed by atoms with Crippen molar-refractivity contribution < 1.29 is 4.74 Å². The molecule has 1 unspecified atom stereocenters. The molecule has 0 heterocycles. The molecule has 16 heavy (non-hydrogen) atoms. The maximum Gasteiger partial charge on any atom is 0.0502 e. The van der Waals surface area contributed by atoms with Gasteiger partial charge >= 0.3 is 0 Å². The Morgan fingerprint density at radius 1 is 1.25 bits per heavy atom. The van der Waals surface area contributed by atoms with E-state index >= 15 is 0 Å². The molecule has 0 aliphatic rings. The van der Waals surface area contributed by atoms with Crippen LogP contribution in [0.15, 0.2) is 24.3 Å². The van der Waals surface area contributed by atoms with Gasteiger partial charge in [0.2, 0.25) is 0 Å². The van der Waals surface area contributed by atoms with Crippen LogP contribution < -0.4 is 5.32 Å². The number of nitrogens with one attached hydrogen (secondary N) is 1. The Labute approximate surface area is 99.0 Å². The molecule has 1 N–H and O–H groups in total. The van der Waals surface area contributed by atoms with Crippen LogP contribution in [0.1, 0.15) is 36.9 Å². The summed E-state index contributed by atoms with van der Waals surface area (Å²) < 4.78 is 5.07. The molecule has 0 aromatic heterocycles. The van der Waals surface area contributed by atoms with Crippen molar-refractivity contribution in [1.82, 2.24) is 5.32 Å². The maximum absolute atomic E-state index is 5.07. The van der Waals surface area contributed by atoms with Gasteiger partial charge in [-0.05, 0) is 31.0 Å². The average Bonchev–Trinajstić information content (AvgIpc) is 2.34. The van der Waals surface area contributed by atoms with Crippen molar-refractivity contribution in [3.8, 4) is 0 Å². The lowest BCUT2D eigenvalue weighted by Gasteiger charge is -2.16. The molecule has 1 rings (SSSR count). The van der Waals surface area contributed by atoms with Gasteiger partial charge in [-0.2, -0.15) is 0 Å². The normalized spacial score (nSPS) is 12.7. The second-order valence-electron chi connectivity index (χ2n) is 4.11. The minimum atomic E-state index is 0.487. The third-order valence-corrected chi connectivity index (χ3v) is 2.90. The van der Waals surface area contributed by atoms with E-state index in [1.807, 2.05) is 7.05 Å². The van der Waals surface area contributed by atoms with Crippen molar-refractivity contribution in [1.29, 1.82) is 0 Å². The molecule has 90 valence electrons. The molecule has 0 amide bonds. The Hall–Kier alpha value is -0.860. The van der Waals surface area contributed by atoms with E-state index in [1.54, 1.807) is 7.11 Å². The van der Waals surface area contributed by atoms with Gasteiger partial charge in [-0.15, -0.1) is 0 Å². The van der Waals surface area contributed by atoms with Gasteiger partial charge in [-0.3, -0.25) is 0 Å². The molecule has 2 nitrogen and oxygen atoms in total. The predicted molar refractivity (Wildman–Crippen MR) is 68.7 cm³/mol. The fourth-order valence-corrected chi connectivity index (χ4v) is 1.90. The Kier molecular flexibility index (Phi) is 6.12. The van der Waals surface area contributed by atoms with Gasteiger partial charge in [0.25, 0.3) is 0 Å². The number of ether oxygens (including phenoxy) is 1. The van der Waals surface area contributed by atoms with Crippen molar-refractivity contribution in [3.05, 3.63) is 35.4 Å². The van der Waals surface area contributed by atoms with Gasteiger partial charge < -0.3 is 10.1 Å². The van der Waals surface area contributed by atoms with Crippen LogP contribution in [-0.2, 0) is 11.2 Å². The van der Waals surface area contributed by atoms with E-state index in [0.717, 1.165) is 13.0 Å². The summed E-state index contributed by atoms with van der Waals surface area (Å²) >= 11 is 0. The molecule has 0 aliphatic heterocycles. The molecule has 1 aromatic rings. The third kappa shape index (κ3) is 3.95. The van der Waals surface area contributed by atoms with Crippen molar-refractivity contribution in [2.24, 2.45) is 0 Å². The molecule has 1 atom stereocenters. The van der Waals surface area contributed by atoms with Crippen LogP contribution in [0, 0.1) is 0 Å². The summed E-state index contributed by atoms with van der Waals surface area (Å²) in [5.74, 6) is 0. The van der Waals surface area contributed by atoms with Gasteiger partial charge in [0.15, 0.2) is 0 Å². The lowest BCUT2D eigenvalue weighted by molar-refractivity contribution is 0.202. The Morgan fingerprint density at radius 3 is 2.44 bits per heavy atom. The quantitative estimate of drug-likeness (QED) is 0.764. The summed E-state index contributed by atoms with van der Waals surface area (Å²) in [4.78, 5) is 0. The minimum absolute atomic E-state index is 0.487. The second kappa shape index (κ2) is 7.42. The Bertz CT molecular complexity index is 281. The monoisotopic (exact) mass is 221 g/mol. The van der Waals surface area contributed by atoms with Crippen molar-refractivity contribution in [2.45, 2.75) is 32.2 Å². The highest BCUT2D eigenvalue weighted by molar-refractivity contribution is 5.25. The minimum Gasteiger partial charge on any atom is -0.384 e. The predicted octanol–water partition coefficient (Wildman–Crippen LogP) is 2.94. The van der Waals surface area contributed by atoms with E-state index in [4.69, 9.17) is 4.74 Å². The van der Waals surface area contributed by atoms with Crippen LogP contribution in [0.25, 0.3) is 0 Å². The van der Waals surface area contributed by atoms with Gasteiger partial charge in [0.05, 0.1) is 6.61 Å². The summed E-state index contributed by atoms with van der Waals surface area (Å²) in [5, 5.41) is 3.36. The Morgan fingerprint density at radius 2 is 1.94 bits per heavy atom. The van der Waals surface area contributed by atoms with Crippen LogP contribution >= 0.6 is 0 Å². The first-order valence-corrected chi connectivity index (χ1v) is 6.06. The van der Waals surface area contributed by atoms with E-state index in [1.165, 1.54) is 24.0 Å². The summed E-state index contributed by atoms with van der Waals surface area (Å²) in [5.41, 5.74) is 2.72. The highest BCUT2D eigenvalue weighted by Gasteiger charge is 2.07. The zero-order valence-corrected chi connectivity index (χ0v) is 10.6. The van der Waals surface area contributed by atoms with Crippen molar-refractivity contribution in [2.75, 3.05) is 20.8 Å². The lowest BCUT2D eigenvalue weighted by atomic mass is 10.0. The second-order valence-corrected chi connectivity index (χ2v) is 4.11. The van der Waals surface area contributed by atoms with E-state index in [2.05, 4.69) is 36.5 Å². The van der Waals surface area contributed by atoms with Gasteiger partial charge in [-0.1, -0.05) is 37.6 Å². The van der Waals surface area contributed by atoms with Crippen molar-refractivity contribution in [3.63, 3.8) is 0 Å². The lowest BCUT2D eigenvalue weighted by Crippen LogP contribution is -2.15. The maximum atomic E-state index is 5.07. The van der Waals surface area contributed by atoms with E-state index in [0.29, 0.717) is 6.04 Å². The summed E-state index contributed by atoms with van der Waals surface area (Å²) in [7, 11) is 3.77. The molecule has 0 saturated heterocycles. The highest BCUT2D eigenvalue weighted by Crippen LogP contribution is 2.18. The number of rotatable bonds is 7. The molecule has 0 aliphatic carbocycles. The Balaban J connectivity index is 2.61. The van der Waals surface area contributed by atoms with E-state index < -0.39 is 0 Å². The van der Waals surface area contributed by atoms with E-state index in [-0.39, 0.29) is 0 Å². The number of benzene rings is 1. The summed E-state index contributed by atoms with van der Waals surface area (Å²) in [6.07, 6.45) is 3.39. The fourth-order valence-electron chi connectivity index (χ4n) is 1.90. The van der Waals surface area contributed by atoms with Crippen LogP contribution in [0.4, 0.5) is 0 Å². The van der Waals surface area contributed by atoms with E-state index in [9.17, 15) is 0 Å². The molecule has 2 heteroatoms. The van der Waals surface area contributed by atoms with Gasteiger partial charge in [0, 0.05) is 13.2 Å². The molecular weight excluding hydrogens is 198 g/mol. The molecular formula is C14H23NO. The van der Waals surface area contributed by atoms with Crippen LogP contribution in [-0.4, -0.2) is 20.8 Å². The van der Waals surface area contributed by atoms with Crippen LogP contribution in [0.2, 0.25) is 0 Å². The molecule has 0 bridgehead atoms. The van der Waals surface area contributed by atoms with Crippen LogP contribution in [0.3, 0.4) is 0 Å². The molecule has 1 aromatic carbocycles. The molecule has 0 saturated carbocycles. The summed E-state index contributed by atoms with van der Waals surface area (Å²) in [6.45, 7) is 3.01. The number of methoxy groups -OCH3 is 1. The highest BCUT2D eigenvalue weighted by atomic mass is 16.5. The first-order chi connectivity index (χ1) is 7.81.